The number of amides is 2. The maximum absolute atomic E-state index is 12.2. The molecule has 0 unspecified atom stereocenters. The second-order valence-electron chi connectivity index (χ2n) is 6.51. The van der Waals surface area contributed by atoms with Gasteiger partial charge in [0.15, 0.2) is 0 Å². The minimum atomic E-state index is -4.45. The zero-order chi connectivity index (χ0) is 21.4. The van der Waals surface area contributed by atoms with Crippen LogP contribution in [-0.4, -0.2) is 43.0 Å². The average Bonchev–Trinajstić information content (AvgIpc) is 2.66. The van der Waals surface area contributed by atoms with Crippen LogP contribution in [0.15, 0.2) is 48.5 Å². The molecule has 0 radical (unpaired) electrons. The van der Waals surface area contributed by atoms with E-state index < -0.39 is 18.6 Å². The topological polar surface area (TPSA) is 61.4 Å². The molecule has 2 aromatic rings. The third kappa shape index (κ3) is 8.13. The molecule has 156 valence electrons. The number of nitrogens with zero attached hydrogens (tertiary/aromatic N) is 1. The SMILES string of the molecule is CN(CCC(=O)Nc1ccccc1Cl)Cc1ccc(C(=O)NCC(F)(F)F)cc1. The molecule has 0 aliphatic carbocycles. The number of hydrogen-bond acceptors (Lipinski definition) is 3. The van der Waals surface area contributed by atoms with Gasteiger partial charge in [-0.3, -0.25) is 9.59 Å². The third-order valence-corrected chi connectivity index (χ3v) is 4.32. The molecule has 0 bridgehead atoms. The summed E-state index contributed by atoms with van der Waals surface area (Å²) >= 11 is 6.01. The Hall–Kier alpha value is -2.58. The van der Waals surface area contributed by atoms with E-state index in [4.69, 9.17) is 11.6 Å². The fraction of sp³-hybridized carbons (Fsp3) is 0.300. The van der Waals surface area contributed by atoms with Gasteiger partial charge in [0.2, 0.25) is 5.91 Å². The zero-order valence-electron chi connectivity index (χ0n) is 15.7. The van der Waals surface area contributed by atoms with Gasteiger partial charge in [-0.15, -0.1) is 0 Å². The predicted octanol–water partition coefficient (Wildman–Crippen LogP) is 4.09. The molecule has 0 atom stereocenters. The molecule has 0 heterocycles. The number of alkyl halides is 3. The molecule has 9 heteroatoms. The number of nitrogens with one attached hydrogen (secondary N) is 2. The van der Waals surface area contributed by atoms with Gasteiger partial charge >= 0.3 is 6.18 Å². The molecule has 0 aliphatic heterocycles. The summed E-state index contributed by atoms with van der Waals surface area (Å²) in [7, 11) is 1.84. The van der Waals surface area contributed by atoms with Gasteiger partial charge in [-0.25, -0.2) is 0 Å². The minimum Gasteiger partial charge on any atom is -0.343 e. The number of hydrogen-bond donors (Lipinski definition) is 2. The molecular formula is C20H21ClF3N3O2. The molecule has 0 aliphatic rings. The lowest BCUT2D eigenvalue weighted by Gasteiger charge is -2.17. The van der Waals surface area contributed by atoms with E-state index in [2.05, 4.69) is 5.32 Å². The Bertz CT molecular complexity index is 842. The zero-order valence-corrected chi connectivity index (χ0v) is 16.5. The lowest BCUT2D eigenvalue weighted by Crippen LogP contribution is -2.33. The molecule has 2 N–H and O–H groups in total. The summed E-state index contributed by atoms with van der Waals surface area (Å²) in [4.78, 5) is 25.7. The molecule has 2 aromatic carbocycles. The van der Waals surface area contributed by atoms with Gasteiger partial charge in [-0.05, 0) is 36.9 Å². The Kier molecular flexibility index (Phi) is 8.04. The van der Waals surface area contributed by atoms with Crippen molar-refractivity contribution in [2.24, 2.45) is 0 Å². The monoisotopic (exact) mass is 427 g/mol. The molecule has 2 rings (SSSR count). The number of rotatable bonds is 8. The van der Waals surface area contributed by atoms with Crippen LogP contribution in [0.3, 0.4) is 0 Å². The van der Waals surface area contributed by atoms with Gasteiger partial charge in [0, 0.05) is 25.1 Å². The Morgan fingerprint density at radius 1 is 1.07 bits per heavy atom. The molecule has 0 saturated carbocycles. The van der Waals surface area contributed by atoms with Crippen LogP contribution in [0.25, 0.3) is 0 Å². The molecule has 0 aromatic heterocycles. The largest absolute Gasteiger partial charge is 0.405 e. The first kappa shape index (κ1) is 22.7. The standard InChI is InChI=1S/C20H21ClF3N3O2/c1-27(11-10-18(28)26-17-5-3-2-4-16(17)21)12-14-6-8-15(9-7-14)19(29)25-13-20(22,23)24/h2-9H,10-13H2,1H3,(H,25,29)(H,26,28). The van der Waals surface area contributed by atoms with E-state index in [0.29, 0.717) is 23.8 Å². The van der Waals surface area contributed by atoms with Crippen LogP contribution in [0.1, 0.15) is 22.3 Å². The second kappa shape index (κ2) is 10.3. The van der Waals surface area contributed by atoms with Crippen LogP contribution < -0.4 is 10.6 Å². The van der Waals surface area contributed by atoms with Gasteiger partial charge in [0.1, 0.15) is 6.54 Å². The van der Waals surface area contributed by atoms with Crippen molar-refractivity contribution in [3.8, 4) is 0 Å². The quantitative estimate of drug-likeness (QED) is 0.667. The summed E-state index contributed by atoms with van der Waals surface area (Å²) in [5.74, 6) is -0.944. The van der Waals surface area contributed by atoms with Crippen molar-refractivity contribution in [3.05, 3.63) is 64.7 Å². The van der Waals surface area contributed by atoms with E-state index in [9.17, 15) is 22.8 Å². The number of halogens is 4. The van der Waals surface area contributed by atoms with E-state index in [-0.39, 0.29) is 17.9 Å². The average molecular weight is 428 g/mol. The van der Waals surface area contributed by atoms with Crippen molar-refractivity contribution in [2.75, 3.05) is 25.5 Å². The molecule has 2 amide bonds. The number of anilines is 1. The van der Waals surface area contributed by atoms with Crippen LogP contribution in [0.4, 0.5) is 18.9 Å². The van der Waals surface area contributed by atoms with E-state index >= 15 is 0 Å². The minimum absolute atomic E-state index is 0.153. The Labute approximate surface area is 171 Å². The highest BCUT2D eigenvalue weighted by molar-refractivity contribution is 6.33. The predicted molar refractivity (Wildman–Crippen MR) is 106 cm³/mol. The molecule has 0 saturated heterocycles. The first-order chi connectivity index (χ1) is 13.6. The summed E-state index contributed by atoms with van der Waals surface area (Å²) in [5.41, 5.74) is 1.58. The number of benzene rings is 2. The molecule has 0 spiro atoms. The normalized spacial score (nSPS) is 11.4. The lowest BCUT2D eigenvalue weighted by atomic mass is 10.1. The van der Waals surface area contributed by atoms with E-state index in [1.54, 1.807) is 36.4 Å². The Morgan fingerprint density at radius 3 is 2.34 bits per heavy atom. The van der Waals surface area contributed by atoms with Crippen LogP contribution in [0.5, 0.6) is 0 Å². The van der Waals surface area contributed by atoms with Crippen molar-refractivity contribution < 1.29 is 22.8 Å². The highest BCUT2D eigenvalue weighted by Gasteiger charge is 2.27. The van der Waals surface area contributed by atoms with Crippen LogP contribution in [-0.2, 0) is 11.3 Å². The summed E-state index contributed by atoms with van der Waals surface area (Å²) in [5, 5.41) is 5.04. The van der Waals surface area contributed by atoms with Gasteiger partial charge in [0.25, 0.3) is 5.91 Å². The maximum Gasteiger partial charge on any atom is 0.405 e. The van der Waals surface area contributed by atoms with Crippen LogP contribution in [0.2, 0.25) is 5.02 Å². The van der Waals surface area contributed by atoms with Crippen molar-refractivity contribution in [1.29, 1.82) is 0 Å². The van der Waals surface area contributed by atoms with Crippen molar-refractivity contribution in [1.82, 2.24) is 10.2 Å². The molecular weight excluding hydrogens is 407 g/mol. The first-order valence-electron chi connectivity index (χ1n) is 8.81. The van der Waals surface area contributed by atoms with Crippen molar-refractivity contribution in [2.45, 2.75) is 19.1 Å². The van der Waals surface area contributed by atoms with E-state index in [0.717, 1.165) is 5.56 Å². The fourth-order valence-corrected chi connectivity index (χ4v) is 2.69. The molecule has 0 fully saturated rings. The molecule has 29 heavy (non-hydrogen) atoms. The summed E-state index contributed by atoms with van der Waals surface area (Å²) < 4.78 is 36.5. The summed E-state index contributed by atoms with van der Waals surface area (Å²) in [6, 6.07) is 13.2. The maximum atomic E-state index is 12.2. The Morgan fingerprint density at radius 2 is 1.72 bits per heavy atom. The number of carbonyl (C=O) groups is 2. The second-order valence-corrected chi connectivity index (χ2v) is 6.92. The van der Waals surface area contributed by atoms with Gasteiger partial charge < -0.3 is 15.5 Å². The first-order valence-corrected chi connectivity index (χ1v) is 9.18. The van der Waals surface area contributed by atoms with Crippen LogP contribution in [0, 0.1) is 0 Å². The van der Waals surface area contributed by atoms with Crippen LogP contribution >= 0.6 is 11.6 Å². The van der Waals surface area contributed by atoms with Gasteiger partial charge in [-0.2, -0.15) is 13.2 Å². The van der Waals surface area contributed by atoms with Crippen molar-refractivity contribution >= 4 is 29.1 Å². The summed E-state index contributed by atoms with van der Waals surface area (Å²) in [6.07, 6.45) is -4.18. The van der Waals surface area contributed by atoms with Crippen molar-refractivity contribution in [3.63, 3.8) is 0 Å². The fourth-order valence-electron chi connectivity index (χ4n) is 2.50. The van der Waals surface area contributed by atoms with E-state index in [1.807, 2.05) is 17.3 Å². The van der Waals surface area contributed by atoms with Gasteiger partial charge in [-0.1, -0.05) is 35.9 Å². The summed E-state index contributed by atoms with van der Waals surface area (Å²) in [6.45, 7) is -0.361. The molecule has 5 nitrogen and oxygen atoms in total. The number of carbonyl (C=O) groups excluding carboxylic acids is 2. The third-order valence-electron chi connectivity index (χ3n) is 3.99. The lowest BCUT2D eigenvalue weighted by molar-refractivity contribution is -0.123. The highest BCUT2D eigenvalue weighted by atomic mass is 35.5. The smallest absolute Gasteiger partial charge is 0.343 e. The van der Waals surface area contributed by atoms with Gasteiger partial charge in [0.05, 0.1) is 10.7 Å². The Balaban J connectivity index is 1.78. The van der Waals surface area contributed by atoms with E-state index in [1.165, 1.54) is 12.1 Å². The highest BCUT2D eigenvalue weighted by Crippen LogP contribution is 2.20. The number of para-hydroxylation sites is 1.